The van der Waals surface area contributed by atoms with Crippen LogP contribution >= 0.6 is 0 Å². The first-order valence-electron chi connectivity index (χ1n) is 16.5. The van der Waals surface area contributed by atoms with Crippen LogP contribution in [0.15, 0.2) is 23.8 Å². The Bertz CT molecular complexity index is 1040. The second-order valence-corrected chi connectivity index (χ2v) is 20.3. The van der Waals surface area contributed by atoms with Crippen LogP contribution in [0.25, 0.3) is 0 Å². The molecule has 5 atom stereocenters. The van der Waals surface area contributed by atoms with E-state index in [0.29, 0.717) is 32.0 Å². The molecule has 8 nitrogen and oxygen atoms in total. The van der Waals surface area contributed by atoms with Crippen molar-refractivity contribution in [1.82, 2.24) is 15.1 Å². The first-order chi connectivity index (χ1) is 20.0. The lowest BCUT2D eigenvalue weighted by atomic mass is 9.75. The summed E-state index contributed by atoms with van der Waals surface area (Å²) in [5.74, 6) is 0.915. The van der Waals surface area contributed by atoms with Gasteiger partial charge in [0.05, 0.1) is 6.61 Å². The van der Waals surface area contributed by atoms with Gasteiger partial charge in [-0.15, -0.1) is 0 Å². The summed E-state index contributed by atoms with van der Waals surface area (Å²) >= 11 is 0. The van der Waals surface area contributed by atoms with E-state index in [1.807, 2.05) is 6.92 Å². The van der Waals surface area contributed by atoms with Gasteiger partial charge in [0.15, 0.2) is 8.32 Å². The summed E-state index contributed by atoms with van der Waals surface area (Å²) in [6.45, 7) is 21.8. The number of rotatable bonds is 13. The maximum absolute atomic E-state index is 13.6. The van der Waals surface area contributed by atoms with Gasteiger partial charge in [-0.3, -0.25) is 19.3 Å². The molecule has 244 valence electrons. The van der Waals surface area contributed by atoms with Crippen LogP contribution in [-0.4, -0.2) is 86.4 Å². The summed E-state index contributed by atoms with van der Waals surface area (Å²) in [6, 6.07) is -0.800. The normalized spacial score (nSPS) is 27.9. The highest BCUT2D eigenvalue weighted by Gasteiger charge is 2.47. The molecule has 0 aromatic rings. The Morgan fingerprint density at radius 3 is 2.37 bits per heavy atom. The van der Waals surface area contributed by atoms with Crippen LogP contribution in [-0.2, 0) is 18.8 Å². The smallest absolute Gasteiger partial charge is 0.303 e. The third-order valence-electron chi connectivity index (χ3n) is 10.4. The van der Waals surface area contributed by atoms with Crippen LogP contribution < -0.4 is 5.32 Å². The van der Waals surface area contributed by atoms with Crippen LogP contribution in [0.3, 0.4) is 0 Å². The van der Waals surface area contributed by atoms with Gasteiger partial charge in [0.1, 0.15) is 6.04 Å². The molecule has 1 saturated heterocycles. The van der Waals surface area contributed by atoms with Crippen molar-refractivity contribution in [2.24, 2.45) is 23.2 Å². The fourth-order valence-corrected chi connectivity index (χ4v) is 7.77. The van der Waals surface area contributed by atoms with Crippen LogP contribution in [0.4, 0.5) is 0 Å². The molecule has 0 radical (unpaired) electrons. The van der Waals surface area contributed by atoms with E-state index >= 15 is 0 Å². The van der Waals surface area contributed by atoms with E-state index in [1.165, 1.54) is 18.4 Å². The minimum atomic E-state index is -1.78. The first-order valence-corrected chi connectivity index (χ1v) is 19.4. The first kappa shape index (κ1) is 35.5. The van der Waals surface area contributed by atoms with E-state index in [9.17, 15) is 19.5 Å². The molecule has 0 aromatic carbocycles. The Labute approximate surface area is 261 Å². The van der Waals surface area contributed by atoms with Crippen molar-refractivity contribution in [3.63, 3.8) is 0 Å². The van der Waals surface area contributed by atoms with E-state index < -0.39 is 20.3 Å². The van der Waals surface area contributed by atoms with Gasteiger partial charge in [0.2, 0.25) is 11.8 Å². The Balaban J connectivity index is 1.51. The molecule has 0 spiro atoms. The average molecular weight is 618 g/mol. The van der Waals surface area contributed by atoms with Gasteiger partial charge in [0.25, 0.3) is 0 Å². The topological polar surface area (TPSA) is 99.2 Å². The molecule has 43 heavy (non-hydrogen) atoms. The SMILES string of the molecule is C/C=C(\C=C/CO[Si](C)(C)C(C)(C)C)CN1CCN(C(=O)C(CCC(=O)O)NC(=O)CC2(C)CC(C)CC3CC3C2)CC1. The lowest BCUT2D eigenvalue weighted by molar-refractivity contribution is -0.140. The maximum Gasteiger partial charge on any atom is 0.303 e. The predicted octanol–water partition coefficient (Wildman–Crippen LogP) is 5.86. The minimum absolute atomic E-state index is 0.0682. The van der Waals surface area contributed by atoms with Crippen molar-refractivity contribution in [3.05, 3.63) is 23.8 Å². The van der Waals surface area contributed by atoms with Crippen LogP contribution in [0.5, 0.6) is 0 Å². The number of nitrogens with zero attached hydrogens (tertiary/aromatic N) is 2. The second-order valence-electron chi connectivity index (χ2n) is 15.5. The van der Waals surface area contributed by atoms with Gasteiger partial charge < -0.3 is 19.7 Å². The Kier molecular flexibility index (Phi) is 12.3. The van der Waals surface area contributed by atoms with Gasteiger partial charge in [-0.1, -0.05) is 52.8 Å². The Hall–Kier alpha value is -1.97. The highest BCUT2D eigenvalue weighted by Crippen LogP contribution is 2.56. The number of hydrogen-bond acceptors (Lipinski definition) is 5. The number of carboxylic acids is 1. The quantitative estimate of drug-likeness (QED) is 0.199. The van der Waals surface area contributed by atoms with E-state index in [2.05, 4.69) is 76.2 Å². The Morgan fingerprint density at radius 2 is 1.77 bits per heavy atom. The van der Waals surface area contributed by atoms with Crippen molar-refractivity contribution in [3.8, 4) is 0 Å². The largest absolute Gasteiger partial charge is 0.481 e. The number of fused-ring (bicyclic) bond motifs is 1. The molecule has 2 amide bonds. The summed E-state index contributed by atoms with van der Waals surface area (Å²) in [6.07, 6.45) is 11.4. The number of piperazine rings is 1. The van der Waals surface area contributed by atoms with E-state index in [4.69, 9.17) is 4.43 Å². The number of amides is 2. The lowest BCUT2D eigenvalue weighted by Gasteiger charge is -2.37. The monoisotopic (exact) mass is 617 g/mol. The summed E-state index contributed by atoms with van der Waals surface area (Å²) in [4.78, 5) is 42.3. The van der Waals surface area contributed by atoms with Gasteiger partial charge in [-0.05, 0) is 85.9 Å². The highest BCUT2D eigenvalue weighted by atomic mass is 28.4. The molecule has 3 rings (SSSR count). The second kappa shape index (κ2) is 14.9. The lowest BCUT2D eigenvalue weighted by Crippen LogP contribution is -2.55. The Morgan fingerprint density at radius 1 is 1.09 bits per heavy atom. The van der Waals surface area contributed by atoms with E-state index in [-0.39, 0.29) is 35.1 Å². The summed E-state index contributed by atoms with van der Waals surface area (Å²) in [5.41, 5.74) is 1.14. The number of hydrogen-bond donors (Lipinski definition) is 2. The fraction of sp³-hybridized carbons (Fsp3) is 0.794. The van der Waals surface area contributed by atoms with E-state index in [1.54, 1.807) is 4.90 Å². The molecule has 1 aliphatic heterocycles. The molecular weight excluding hydrogens is 558 g/mol. The zero-order chi connectivity index (χ0) is 32.0. The number of aliphatic carboxylic acids is 1. The standard InChI is InChI=1S/C34H59N3O5Si/c1-9-26(11-10-18-42-43(7,8)33(3,4)5)24-36-14-16-37(17-15-36)32(41)29(12-13-31(39)40)35-30(38)23-34(6)21-25(2)19-27-20-28(27)22-34/h9-11,25,27-29H,12-24H2,1-8H3,(H,35,38)(H,39,40)/b11-10-,26-9+. The maximum atomic E-state index is 13.6. The molecule has 3 fully saturated rings. The summed E-state index contributed by atoms with van der Waals surface area (Å²) in [7, 11) is -1.78. The molecule has 0 aromatic heterocycles. The van der Waals surface area contributed by atoms with Crippen LogP contribution in [0, 0.1) is 23.2 Å². The number of carbonyl (C=O) groups is 3. The highest BCUT2D eigenvalue weighted by molar-refractivity contribution is 6.74. The third kappa shape index (κ3) is 10.9. The van der Waals surface area contributed by atoms with Gasteiger partial charge >= 0.3 is 5.97 Å². The zero-order valence-electron chi connectivity index (χ0n) is 28.2. The van der Waals surface area contributed by atoms with Crippen molar-refractivity contribution < 1.29 is 23.9 Å². The van der Waals surface area contributed by atoms with Gasteiger partial charge in [-0.25, -0.2) is 0 Å². The molecule has 9 heteroatoms. The number of allylic oxidation sites excluding steroid dienone is 1. The molecule has 2 saturated carbocycles. The van der Waals surface area contributed by atoms with Gasteiger partial charge in [0, 0.05) is 45.6 Å². The van der Waals surface area contributed by atoms with Gasteiger partial charge in [-0.2, -0.15) is 0 Å². The molecule has 2 aliphatic carbocycles. The zero-order valence-corrected chi connectivity index (χ0v) is 29.2. The van der Waals surface area contributed by atoms with E-state index in [0.717, 1.165) is 44.3 Å². The van der Waals surface area contributed by atoms with Crippen molar-refractivity contribution in [2.75, 3.05) is 39.3 Å². The van der Waals surface area contributed by atoms with Crippen LogP contribution in [0.1, 0.15) is 86.5 Å². The molecule has 0 bridgehead atoms. The van der Waals surface area contributed by atoms with Crippen molar-refractivity contribution >= 4 is 26.1 Å². The number of nitrogens with one attached hydrogen (secondary N) is 1. The summed E-state index contributed by atoms with van der Waals surface area (Å²) < 4.78 is 6.27. The number of carboxylic acid groups (broad SMARTS) is 1. The fourth-order valence-electron chi connectivity index (χ4n) is 6.83. The number of carbonyl (C=O) groups excluding carboxylic acids is 2. The molecular formula is C34H59N3O5Si. The molecule has 5 unspecified atom stereocenters. The van der Waals surface area contributed by atoms with Crippen molar-refractivity contribution in [2.45, 2.75) is 111 Å². The predicted molar refractivity (Wildman–Crippen MR) is 175 cm³/mol. The third-order valence-corrected chi connectivity index (χ3v) is 14.9. The molecule has 1 heterocycles. The molecule has 2 N–H and O–H groups in total. The van der Waals surface area contributed by atoms with Crippen LogP contribution in [0.2, 0.25) is 18.1 Å². The van der Waals surface area contributed by atoms with Crippen molar-refractivity contribution in [1.29, 1.82) is 0 Å². The molecule has 3 aliphatic rings. The summed E-state index contributed by atoms with van der Waals surface area (Å²) in [5, 5.41) is 12.5. The average Bonchev–Trinajstić information content (AvgIpc) is 3.63. The minimum Gasteiger partial charge on any atom is -0.481 e.